The van der Waals surface area contributed by atoms with E-state index in [-0.39, 0.29) is 28.3 Å². The van der Waals surface area contributed by atoms with E-state index in [2.05, 4.69) is 9.64 Å². The van der Waals surface area contributed by atoms with Crippen molar-refractivity contribution in [3.63, 3.8) is 0 Å². The Kier molecular flexibility index (Phi) is 6.38. The zero-order chi connectivity index (χ0) is 25.4. The van der Waals surface area contributed by atoms with Gasteiger partial charge in [-0.2, -0.15) is 13.2 Å². The molecular formula is C26H24F3NO6. The fourth-order valence-corrected chi connectivity index (χ4v) is 4.82. The number of rotatable bonds is 4. The van der Waals surface area contributed by atoms with Crippen LogP contribution in [0.3, 0.4) is 0 Å². The second kappa shape index (κ2) is 9.50. The monoisotopic (exact) mass is 503 g/mol. The zero-order valence-electron chi connectivity index (χ0n) is 19.5. The highest BCUT2D eigenvalue weighted by molar-refractivity contribution is 5.89. The molecule has 2 aromatic carbocycles. The Balaban J connectivity index is 1.57. The second-order valence-corrected chi connectivity index (χ2v) is 8.94. The van der Waals surface area contributed by atoms with E-state index in [1.54, 1.807) is 6.07 Å². The molecule has 3 aromatic rings. The summed E-state index contributed by atoms with van der Waals surface area (Å²) in [5, 5.41) is -0.0305. The van der Waals surface area contributed by atoms with Crippen LogP contribution in [0.1, 0.15) is 53.8 Å². The molecule has 0 radical (unpaired) electrons. The molecule has 5 rings (SSSR count). The van der Waals surface area contributed by atoms with Crippen LogP contribution < -0.4 is 14.9 Å². The molecule has 10 heteroatoms. The summed E-state index contributed by atoms with van der Waals surface area (Å²) in [6.07, 6.45) is 0.358. The van der Waals surface area contributed by atoms with Gasteiger partial charge in [0, 0.05) is 12.6 Å². The summed E-state index contributed by atoms with van der Waals surface area (Å²) in [4.78, 5) is 27.0. The van der Waals surface area contributed by atoms with Crippen molar-refractivity contribution in [3.05, 3.63) is 63.5 Å². The molecule has 0 saturated heterocycles. The molecule has 190 valence electrons. The van der Waals surface area contributed by atoms with Gasteiger partial charge in [0.15, 0.2) is 0 Å². The van der Waals surface area contributed by atoms with Crippen LogP contribution in [0.25, 0.3) is 11.0 Å². The summed E-state index contributed by atoms with van der Waals surface area (Å²) in [7, 11) is 1.21. The van der Waals surface area contributed by atoms with Crippen LogP contribution >= 0.6 is 0 Å². The van der Waals surface area contributed by atoms with Gasteiger partial charge in [-0.1, -0.05) is 19.3 Å². The lowest BCUT2D eigenvalue weighted by atomic mass is 9.93. The molecule has 0 bridgehead atoms. The first-order valence-corrected chi connectivity index (χ1v) is 11.7. The number of fused-ring (bicyclic) bond motifs is 3. The predicted molar refractivity (Wildman–Crippen MR) is 123 cm³/mol. The maximum Gasteiger partial charge on any atom is 0.453 e. The second-order valence-electron chi connectivity index (χ2n) is 8.94. The first-order valence-electron chi connectivity index (χ1n) is 11.7. The molecule has 1 aromatic heterocycles. The van der Waals surface area contributed by atoms with Gasteiger partial charge in [-0.05, 0) is 49.2 Å². The van der Waals surface area contributed by atoms with Gasteiger partial charge in [0.25, 0.3) is 5.76 Å². The van der Waals surface area contributed by atoms with E-state index in [0.717, 1.165) is 25.7 Å². The van der Waals surface area contributed by atoms with Crippen molar-refractivity contribution in [3.8, 4) is 17.2 Å². The van der Waals surface area contributed by atoms with Gasteiger partial charge in [-0.3, -0.25) is 9.69 Å². The lowest BCUT2D eigenvalue weighted by Crippen LogP contribution is -2.41. The Bertz CT molecular complexity index is 1340. The smallest absolute Gasteiger partial charge is 0.453 e. The minimum Gasteiger partial charge on any atom is -0.478 e. The van der Waals surface area contributed by atoms with E-state index in [1.807, 2.05) is 0 Å². The van der Waals surface area contributed by atoms with Gasteiger partial charge in [0.1, 0.15) is 23.8 Å². The van der Waals surface area contributed by atoms with Gasteiger partial charge in [0.2, 0.25) is 11.2 Å². The average Bonchev–Trinajstić information content (AvgIpc) is 2.89. The van der Waals surface area contributed by atoms with Gasteiger partial charge >= 0.3 is 12.1 Å². The van der Waals surface area contributed by atoms with Gasteiger partial charge in [-0.25, -0.2) is 4.79 Å². The third-order valence-electron chi connectivity index (χ3n) is 6.67. The molecule has 0 N–H and O–H groups in total. The minimum atomic E-state index is -4.99. The Hall–Kier alpha value is -3.53. The molecular weight excluding hydrogens is 479 g/mol. The first-order chi connectivity index (χ1) is 17.3. The van der Waals surface area contributed by atoms with Crippen molar-refractivity contribution in [1.29, 1.82) is 0 Å². The third-order valence-corrected chi connectivity index (χ3v) is 6.67. The Morgan fingerprint density at radius 2 is 1.78 bits per heavy atom. The number of carbonyl (C=O) groups is 1. The molecule has 1 saturated carbocycles. The summed E-state index contributed by atoms with van der Waals surface area (Å²) < 4.78 is 63.4. The third kappa shape index (κ3) is 4.53. The average molecular weight is 503 g/mol. The summed E-state index contributed by atoms with van der Waals surface area (Å²) in [6.45, 7) is 0.662. The van der Waals surface area contributed by atoms with Crippen LogP contribution in [-0.4, -0.2) is 30.8 Å². The zero-order valence-corrected chi connectivity index (χ0v) is 19.5. The summed E-state index contributed by atoms with van der Waals surface area (Å²) in [6, 6.07) is 8.44. The number of halogens is 3. The molecule has 0 spiro atoms. The molecule has 2 heterocycles. The van der Waals surface area contributed by atoms with Crippen molar-refractivity contribution < 1.29 is 36.6 Å². The first kappa shape index (κ1) is 24.2. The van der Waals surface area contributed by atoms with Crippen molar-refractivity contribution in [1.82, 2.24) is 4.90 Å². The van der Waals surface area contributed by atoms with Crippen molar-refractivity contribution in [2.45, 2.75) is 50.9 Å². The number of ether oxygens (including phenoxy) is 3. The fourth-order valence-electron chi connectivity index (χ4n) is 4.82. The molecule has 0 amide bonds. The van der Waals surface area contributed by atoms with E-state index in [4.69, 9.17) is 13.9 Å². The molecule has 2 aliphatic rings. The van der Waals surface area contributed by atoms with E-state index in [9.17, 15) is 22.8 Å². The number of esters is 1. The van der Waals surface area contributed by atoms with Crippen LogP contribution in [0.5, 0.6) is 17.2 Å². The van der Waals surface area contributed by atoms with Gasteiger partial charge in [-0.15, -0.1) is 0 Å². The number of hydrogen-bond acceptors (Lipinski definition) is 7. The van der Waals surface area contributed by atoms with Gasteiger partial charge in [0.05, 0.1) is 23.6 Å². The maximum absolute atomic E-state index is 14.1. The summed E-state index contributed by atoms with van der Waals surface area (Å²) >= 11 is 0. The van der Waals surface area contributed by atoms with Crippen LogP contribution in [0, 0.1) is 0 Å². The van der Waals surface area contributed by atoms with E-state index in [0.29, 0.717) is 24.6 Å². The van der Waals surface area contributed by atoms with E-state index >= 15 is 0 Å². The van der Waals surface area contributed by atoms with Crippen molar-refractivity contribution >= 4 is 16.9 Å². The fraction of sp³-hybridized carbons (Fsp3) is 0.385. The number of benzene rings is 2. The van der Waals surface area contributed by atoms with Gasteiger partial charge < -0.3 is 18.6 Å². The number of nitrogens with zero attached hydrogens (tertiary/aromatic N) is 1. The molecule has 7 nitrogen and oxygen atoms in total. The minimum absolute atomic E-state index is 0.0305. The Labute approximate surface area is 204 Å². The number of hydrogen-bond donors (Lipinski definition) is 0. The van der Waals surface area contributed by atoms with Crippen molar-refractivity contribution in [2.24, 2.45) is 0 Å². The van der Waals surface area contributed by atoms with E-state index < -0.39 is 29.1 Å². The largest absolute Gasteiger partial charge is 0.478 e. The number of carbonyl (C=O) groups excluding carboxylic acids is 1. The Morgan fingerprint density at radius 1 is 1.06 bits per heavy atom. The highest BCUT2D eigenvalue weighted by atomic mass is 19.4. The molecule has 1 fully saturated rings. The highest BCUT2D eigenvalue weighted by Gasteiger charge is 2.41. The number of alkyl halides is 3. The topological polar surface area (TPSA) is 78.2 Å². The van der Waals surface area contributed by atoms with Crippen LogP contribution in [0.2, 0.25) is 0 Å². The SMILES string of the molecule is COC(=O)c1ccc(Oc2c(C(F)(F)F)oc3c4c(ccc3c2=O)OCN(C2CCCCC2)C4)cc1. The lowest BCUT2D eigenvalue weighted by Gasteiger charge is -2.37. The summed E-state index contributed by atoms with van der Waals surface area (Å²) in [5.74, 6) is -2.78. The van der Waals surface area contributed by atoms with Crippen molar-refractivity contribution in [2.75, 3.05) is 13.8 Å². The predicted octanol–water partition coefficient (Wildman–Crippen LogP) is 5.88. The molecule has 36 heavy (non-hydrogen) atoms. The van der Waals surface area contributed by atoms with E-state index in [1.165, 1.54) is 43.9 Å². The summed E-state index contributed by atoms with van der Waals surface area (Å²) in [5.41, 5.74) is -0.501. The highest BCUT2D eigenvalue weighted by Crippen LogP contribution is 2.41. The van der Waals surface area contributed by atoms with Crippen LogP contribution in [0.15, 0.2) is 45.6 Å². The standard InChI is InChI=1S/C26H24F3NO6/c1-33-25(32)15-7-9-17(10-8-15)35-23-21(31)18-11-12-20-19(22(18)36-24(23)26(27,28)29)13-30(14-34-20)16-5-3-2-4-6-16/h7-12,16H,2-6,13-14H2,1H3. The van der Waals surface area contributed by atoms with Crippen LogP contribution in [-0.2, 0) is 17.5 Å². The van der Waals surface area contributed by atoms with Crippen LogP contribution in [0.4, 0.5) is 13.2 Å². The maximum atomic E-state index is 14.1. The normalized spacial score (nSPS) is 16.9. The quantitative estimate of drug-likeness (QED) is 0.412. The Morgan fingerprint density at radius 3 is 2.44 bits per heavy atom. The number of methoxy groups -OCH3 is 1. The molecule has 1 aliphatic heterocycles. The molecule has 1 aliphatic carbocycles. The lowest BCUT2D eigenvalue weighted by molar-refractivity contribution is -0.154. The molecule has 0 atom stereocenters. The molecule has 0 unspecified atom stereocenters.